The van der Waals surface area contributed by atoms with Gasteiger partial charge in [0.2, 0.25) is 5.91 Å². The number of carbonyl (C=O) groups excluding carboxylic acids is 1. The van der Waals surface area contributed by atoms with Crippen molar-refractivity contribution in [2.45, 2.75) is 315 Å². The molecule has 0 heterocycles. The van der Waals surface area contributed by atoms with Gasteiger partial charge in [0.25, 0.3) is 0 Å². The number of carbonyl (C=O) groups is 1. The SMILES string of the molecule is CCCCCCCCCCC/C=C\CCCCCCCCCC(=O)NC(CO)C(O)CCCCCCCCCCCCCCCCCCCCCCCCCCC. The van der Waals surface area contributed by atoms with Crippen molar-refractivity contribution >= 4 is 5.91 Å². The summed E-state index contributed by atoms with van der Waals surface area (Å²) in [6.45, 7) is 4.39. The number of unbranched alkanes of at least 4 members (excludes halogenated alkanes) is 40. The summed E-state index contributed by atoms with van der Waals surface area (Å²) in [6, 6.07) is -0.536. The maximum absolute atomic E-state index is 12.5. The molecule has 2 atom stereocenters. The fourth-order valence-electron chi connectivity index (χ4n) is 8.48. The molecular weight excluding hydrogens is 699 g/mol. The minimum Gasteiger partial charge on any atom is -0.394 e. The molecule has 0 radical (unpaired) electrons. The minimum absolute atomic E-state index is 0.0305. The lowest BCUT2D eigenvalue weighted by atomic mass is 10.0. The first kappa shape index (κ1) is 56.1. The van der Waals surface area contributed by atoms with Gasteiger partial charge in [0.1, 0.15) is 0 Å². The summed E-state index contributed by atoms with van der Waals surface area (Å²) in [5.41, 5.74) is 0. The fraction of sp³-hybridized carbons (Fsp3) is 0.943. The number of aliphatic hydroxyl groups excluding tert-OH is 2. The molecule has 2 unspecified atom stereocenters. The topological polar surface area (TPSA) is 69.6 Å². The van der Waals surface area contributed by atoms with Crippen LogP contribution < -0.4 is 5.32 Å². The normalized spacial score (nSPS) is 12.8. The van der Waals surface area contributed by atoms with Gasteiger partial charge in [-0.3, -0.25) is 4.79 Å². The second kappa shape index (κ2) is 49.5. The van der Waals surface area contributed by atoms with Crippen LogP contribution in [0.2, 0.25) is 0 Å². The van der Waals surface area contributed by atoms with Gasteiger partial charge in [0.05, 0.1) is 18.8 Å². The van der Waals surface area contributed by atoms with Crippen LogP contribution in [0, 0.1) is 0 Å². The summed E-state index contributed by atoms with van der Waals surface area (Å²) in [5, 5.41) is 23.3. The van der Waals surface area contributed by atoms with Crippen molar-refractivity contribution in [2.75, 3.05) is 6.61 Å². The van der Waals surface area contributed by atoms with Gasteiger partial charge in [-0.1, -0.05) is 270 Å². The standard InChI is InChI=1S/C53H105NO3/c1-3-5-7-9-11-13-15-17-19-21-23-25-26-27-28-29-30-32-34-36-38-40-42-44-46-48-52(56)51(50-55)54-53(57)49-47-45-43-41-39-37-35-33-31-24-22-20-18-16-14-12-10-8-6-4-2/h24,31,51-52,55-56H,3-23,25-30,32-50H2,1-2H3,(H,54,57)/b31-24-. The molecule has 0 aromatic heterocycles. The molecule has 0 aromatic rings. The number of hydrogen-bond acceptors (Lipinski definition) is 3. The van der Waals surface area contributed by atoms with Crippen molar-refractivity contribution in [3.8, 4) is 0 Å². The molecule has 0 aliphatic carbocycles. The summed E-state index contributed by atoms with van der Waals surface area (Å²) < 4.78 is 0. The third-order valence-electron chi connectivity index (χ3n) is 12.5. The maximum atomic E-state index is 12.5. The van der Waals surface area contributed by atoms with Crippen molar-refractivity contribution < 1.29 is 15.0 Å². The third kappa shape index (κ3) is 46.1. The van der Waals surface area contributed by atoms with Gasteiger partial charge in [-0.2, -0.15) is 0 Å². The second-order valence-corrected chi connectivity index (χ2v) is 18.3. The Bertz CT molecular complexity index is 784. The highest BCUT2D eigenvalue weighted by molar-refractivity contribution is 5.76. The average Bonchev–Trinajstić information content (AvgIpc) is 3.22. The van der Waals surface area contributed by atoms with Gasteiger partial charge < -0.3 is 15.5 Å². The van der Waals surface area contributed by atoms with Crippen LogP contribution >= 0.6 is 0 Å². The molecule has 0 saturated carbocycles. The molecule has 0 spiro atoms. The van der Waals surface area contributed by atoms with Gasteiger partial charge in [0.15, 0.2) is 0 Å². The Balaban J connectivity index is 3.44. The van der Waals surface area contributed by atoms with Crippen molar-refractivity contribution in [3.63, 3.8) is 0 Å². The van der Waals surface area contributed by atoms with Gasteiger partial charge >= 0.3 is 0 Å². The lowest BCUT2D eigenvalue weighted by Gasteiger charge is -2.22. The van der Waals surface area contributed by atoms with Crippen LogP contribution in [0.15, 0.2) is 12.2 Å². The van der Waals surface area contributed by atoms with E-state index >= 15 is 0 Å². The number of allylic oxidation sites excluding steroid dienone is 2. The van der Waals surface area contributed by atoms with Crippen LogP contribution in [0.25, 0.3) is 0 Å². The number of rotatable bonds is 49. The smallest absolute Gasteiger partial charge is 0.220 e. The predicted octanol–water partition coefficient (Wildman–Crippen LogP) is 17.0. The Kier molecular flexibility index (Phi) is 48.7. The summed E-state index contributed by atoms with van der Waals surface area (Å²) >= 11 is 0. The number of aliphatic hydroxyl groups is 2. The average molecular weight is 804 g/mol. The first-order valence-corrected chi connectivity index (χ1v) is 26.4. The number of nitrogens with one attached hydrogen (secondary N) is 1. The van der Waals surface area contributed by atoms with Gasteiger partial charge in [-0.15, -0.1) is 0 Å². The van der Waals surface area contributed by atoms with E-state index in [1.54, 1.807) is 0 Å². The van der Waals surface area contributed by atoms with Crippen LogP contribution in [0.4, 0.5) is 0 Å². The van der Waals surface area contributed by atoms with Crippen LogP contribution in [-0.2, 0) is 4.79 Å². The van der Waals surface area contributed by atoms with Gasteiger partial charge in [0, 0.05) is 6.42 Å². The van der Waals surface area contributed by atoms with E-state index in [1.165, 1.54) is 250 Å². The zero-order valence-electron chi connectivity index (χ0n) is 39.1. The molecule has 0 bridgehead atoms. The van der Waals surface area contributed by atoms with E-state index in [-0.39, 0.29) is 12.5 Å². The first-order chi connectivity index (χ1) is 28.2. The van der Waals surface area contributed by atoms with Crippen LogP contribution in [0.5, 0.6) is 0 Å². The highest BCUT2D eigenvalue weighted by atomic mass is 16.3. The quantitative estimate of drug-likeness (QED) is 0.0424. The summed E-state index contributed by atoms with van der Waals surface area (Å²) in [7, 11) is 0. The van der Waals surface area contributed by atoms with E-state index in [9.17, 15) is 15.0 Å². The molecule has 1 amide bonds. The van der Waals surface area contributed by atoms with Crippen LogP contribution in [0.3, 0.4) is 0 Å². The molecule has 0 rings (SSSR count). The number of amides is 1. The van der Waals surface area contributed by atoms with E-state index in [0.29, 0.717) is 12.8 Å². The lowest BCUT2D eigenvalue weighted by Crippen LogP contribution is -2.45. The summed E-state index contributed by atoms with van der Waals surface area (Å²) in [6.07, 6.45) is 63.2. The number of hydrogen-bond donors (Lipinski definition) is 3. The van der Waals surface area contributed by atoms with E-state index < -0.39 is 12.1 Å². The van der Waals surface area contributed by atoms with Crippen molar-refractivity contribution in [3.05, 3.63) is 12.2 Å². The third-order valence-corrected chi connectivity index (χ3v) is 12.5. The van der Waals surface area contributed by atoms with Crippen molar-refractivity contribution in [1.29, 1.82) is 0 Å². The van der Waals surface area contributed by atoms with E-state index in [4.69, 9.17) is 0 Å². The van der Waals surface area contributed by atoms with Crippen LogP contribution in [-0.4, -0.2) is 34.9 Å². The molecule has 0 aliphatic heterocycles. The molecular formula is C53H105NO3. The minimum atomic E-state index is -0.659. The van der Waals surface area contributed by atoms with E-state index in [0.717, 1.165) is 25.7 Å². The molecule has 0 saturated heterocycles. The highest BCUT2D eigenvalue weighted by Crippen LogP contribution is 2.17. The van der Waals surface area contributed by atoms with E-state index in [2.05, 4.69) is 31.3 Å². The monoisotopic (exact) mass is 804 g/mol. The molecule has 0 aliphatic rings. The Labute approximate surface area is 358 Å². The molecule has 4 nitrogen and oxygen atoms in total. The Hall–Kier alpha value is -0.870. The van der Waals surface area contributed by atoms with Crippen LogP contribution in [0.1, 0.15) is 303 Å². The zero-order valence-corrected chi connectivity index (χ0v) is 39.1. The first-order valence-electron chi connectivity index (χ1n) is 26.4. The summed E-state index contributed by atoms with van der Waals surface area (Å²) in [4.78, 5) is 12.5. The molecule has 4 heteroatoms. The predicted molar refractivity (Wildman–Crippen MR) is 253 cm³/mol. The van der Waals surface area contributed by atoms with Gasteiger partial charge in [-0.25, -0.2) is 0 Å². The van der Waals surface area contributed by atoms with E-state index in [1.807, 2.05) is 0 Å². The molecule has 0 aromatic carbocycles. The largest absolute Gasteiger partial charge is 0.394 e. The molecule has 3 N–H and O–H groups in total. The second-order valence-electron chi connectivity index (χ2n) is 18.3. The van der Waals surface area contributed by atoms with Gasteiger partial charge in [-0.05, 0) is 38.5 Å². The Morgan fingerprint density at radius 3 is 0.965 bits per heavy atom. The molecule has 340 valence electrons. The van der Waals surface area contributed by atoms with Crippen molar-refractivity contribution in [1.82, 2.24) is 5.32 Å². The zero-order chi connectivity index (χ0) is 41.4. The van der Waals surface area contributed by atoms with Crippen molar-refractivity contribution in [2.24, 2.45) is 0 Å². The summed E-state index contributed by atoms with van der Waals surface area (Å²) in [5.74, 6) is -0.0305. The molecule has 0 fully saturated rings. The maximum Gasteiger partial charge on any atom is 0.220 e. The molecule has 57 heavy (non-hydrogen) atoms. The fourth-order valence-corrected chi connectivity index (χ4v) is 8.48. The lowest BCUT2D eigenvalue weighted by molar-refractivity contribution is -0.123. The Morgan fingerprint density at radius 2 is 0.667 bits per heavy atom. The Morgan fingerprint density at radius 1 is 0.404 bits per heavy atom. The highest BCUT2D eigenvalue weighted by Gasteiger charge is 2.20.